The molecule has 3 heterocycles. The van der Waals surface area contributed by atoms with Crippen LogP contribution in [0.3, 0.4) is 0 Å². The predicted octanol–water partition coefficient (Wildman–Crippen LogP) is 3.19. The van der Waals surface area contributed by atoms with Gasteiger partial charge in [0.1, 0.15) is 0 Å². The van der Waals surface area contributed by atoms with Crippen molar-refractivity contribution in [3.8, 4) is 0 Å². The van der Waals surface area contributed by atoms with Gasteiger partial charge in [0.05, 0.1) is 24.7 Å². The summed E-state index contributed by atoms with van der Waals surface area (Å²) in [7, 11) is 0. The highest BCUT2D eigenvalue weighted by atomic mass is 32.1. The number of carbonyl (C=O) groups is 2. The standard InChI is InChI=1S/C26H38N4O3S/c31-24(26-15-19-12-20(16-26)14-21(13-19)17-26)29-3-5-30(6-4-29)25(32)27-18-22(23-2-1-11-34-23)28-7-9-33-10-8-28/h1-2,11,19-22H,3-10,12-18H2,(H,27,32). The first-order valence-electron chi connectivity index (χ1n) is 13.3. The molecule has 2 saturated heterocycles. The second-order valence-corrected chi connectivity index (χ2v) is 12.3. The number of nitrogens with zero attached hydrogens (tertiary/aromatic N) is 3. The van der Waals surface area contributed by atoms with E-state index in [1.165, 1.54) is 24.1 Å². The van der Waals surface area contributed by atoms with Crippen molar-refractivity contribution in [3.63, 3.8) is 0 Å². The third kappa shape index (κ3) is 4.37. The SMILES string of the molecule is O=C(NCC(c1cccs1)N1CCOCC1)N1CCN(C(=O)C23CC4CC(CC(C4)C2)C3)CC1. The molecular weight excluding hydrogens is 448 g/mol. The lowest BCUT2D eigenvalue weighted by atomic mass is 9.49. The maximum Gasteiger partial charge on any atom is 0.317 e. The van der Waals surface area contributed by atoms with E-state index < -0.39 is 0 Å². The van der Waals surface area contributed by atoms with Crippen LogP contribution in [0.15, 0.2) is 17.5 Å². The van der Waals surface area contributed by atoms with E-state index in [4.69, 9.17) is 4.74 Å². The highest BCUT2D eigenvalue weighted by molar-refractivity contribution is 7.10. The van der Waals surface area contributed by atoms with Gasteiger partial charge in [0, 0.05) is 50.7 Å². The number of morpholine rings is 1. The molecule has 0 aromatic carbocycles. The highest BCUT2D eigenvalue weighted by Gasteiger charge is 2.55. The van der Waals surface area contributed by atoms with Gasteiger partial charge in [-0.15, -0.1) is 11.3 Å². The summed E-state index contributed by atoms with van der Waals surface area (Å²) >= 11 is 1.75. The lowest BCUT2D eigenvalue weighted by Gasteiger charge is -2.57. The van der Waals surface area contributed by atoms with Gasteiger partial charge in [0.25, 0.3) is 0 Å². The predicted molar refractivity (Wildman–Crippen MR) is 132 cm³/mol. The van der Waals surface area contributed by atoms with E-state index in [-0.39, 0.29) is 17.5 Å². The molecule has 1 unspecified atom stereocenters. The molecular formula is C26H38N4O3S. The van der Waals surface area contributed by atoms with E-state index in [1.807, 2.05) is 4.90 Å². The second-order valence-electron chi connectivity index (χ2n) is 11.3. The maximum absolute atomic E-state index is 13.6. The summed E-state index contributed by atoms with van der Waals surface area (Å²) in [5.41, 5.74) is -0.0781. The van der Waals surface area contributed by atoms with Crippen LogP contribution in [0, 0.1) is 23.2 Å². The number of thiophene rings is 1. The molecule has 1 atom stereocenters. The van der Waals surface area contributed by atoms with Gasteiger partial charge in [0.15, 0.2) is 0 Å². The number of nitrogens with one attached hydrogen (secondary N) is 1. The zero-order valence-corrected chi connectivity index (χ0v) is 20.9. The first-order chi connectivity index (χ1) is 16.6. The average molecular weight is 487 g/mol. The Morgan fingerprint density at radius 1 is 0.971 bits per heavy atom. The number of carbonyl (C=O) groups excluding carboxylic acids is 2. The maximum atomic E-state index is 13.6. The van der Waals surface area contributed by atoms with Crippen LogP contribution in [0.2, 0.25) is 0 Å². The van der Waals surface area contributed by atoms with Crippen LogP contribution in [-0.4, -0.2) is 85.7 Å². The molecule has 4 saturated carbocycles. The molecule has 1 N–H and O–H groups in total. The monoisotopic (exact) mass is 486 g/mol. The van der Waals surface area contributed by atoms with Gasteiger partial charge in [0.2, 0.25) is 5.91 Å². The summed E-state index contributed by atoms with van der Waals surface area (Å²) in [6.45, 7) is 6.48. The number of hydrogen-bond acceptors (Lipinski definition) is 5. The summed E-state index contributed by atoms with van der Waals surface area (Å²) in [6, 6.07) is 4.42. The zero-order chi connectivity index (χ0) is 23.1. The van der Waals surface area contributed by atoms with Crippen LogP contribution in [-0.2, 0) is 9.53 Å². The number of ether oxygens (including phenoxy) is 1. The minimum atomic E-state index is -0.0781. The normalized spacial score (nSPS) is 34.3. The van der Waals surface area contributed by atoms with E-state index in [9.17, 15) is 9.59 Å². The Balaban J connectivity index is 1.02. The number of amides is 3. The van der Waals surface area contributed by atoms with Crippen molar-refractivity contribution in [2.24, 2.45) is 23.2 Å². The lowest BCUT2D eigenvalue weighted by Crippen LogP contribution is -2.59. The molecule has 7 rings (SSSR count). The van der Waals surface area contributed by atoms with Crippen LogP contribution in [0.1, 0.15) is 49.4 Å². The molecule has 6 fully saturated rings. The fourth-order valence-corrected chi connectivity index (χ4v) is 8.76. The Bertz CT molecular complexity index is 841. The van der Waals surface area contributed by atoms with Crippen molar-refractivity contribution >= 4 is 23.3 Å². The summed E-state index contributed by atoms with van der Waals surface area (Å²) < 4.78 is 5.53. The quantitative estimate of drug-likeness (QED) is 0.694. The van der Waals surface area contributed by atoms with Crippen LogP contribution in [0.5, 0.6) is 0 Å². The Hall–Kier alpha value is -1.64. The number of hydrogen-bond donors (Lipinski definition) is 1. The molecule has 0 radical (unpaired) electrons. The zero-order valence-electron chi connectivity index (χ0n) is 20.1. The second kappa shape index (κ2) is 9.43. The van der Waals surface area contributed by atoms with Gasteiger partial charge in [-0.1, -0.05) is 6.07 Å². The first-order valence-corrected chi connectivity index (χ1v) is 14.1. The van der Waals surface area contributed by atoms with Crippen LogP contribution in [0.25, 0.3) is 0 Å². The van der Waals surface area contributed by atoms with Gasteiger partial charge in [-0.2, -0.15) is 0 Å². The molecule has 3 amide bonds. The largest absolute Gasteiger partial charge is 0.379 e. The fourth-order valence-electron chi connectivity index (χ4n) is 7.90. The van der Waals surface area contributed by atoms with Crippen molar-refractivity contribution in [1.82, 2.24) is 20.0 Å². The van der Waals surface area contributed by atoms with E-state index in [2.05, 4.69) is 32.6 Å². The number of urea groups is 1. The average Bonchev–Trinajstić information content (AvgIpc) is 3.38. The molecule has 8 heteroatoms. The van der Waals surface area contributed by atoms with Gasteiger partial charge in [-0.25, -0.2) is 4.79 Å². The molecule has 1 aromatic rings. The molecule has 4 aliphatic carbocycles. The minimum Gasteiger partial charge on any atom is -0.379 e. The van der Waals surface area contributed by atoms with Crippen LogP contribution in [0.4, 0.5) is 4.79 Å². The summed E-state index contributed by atoms with van der Waals surface area (Å²) in [5.74, 6) is 2.75. The summed E-state index contributed by atoms with van der Waals surface area (Å²) in [6.07, 6.45) is 7.42. The van der Waals surface area contributed by atoms with Crippen LogP contribution >= 0.6 is 11.3 Å². The fraction of sp³-hybridized carbons (Fsp3) is 0.769. The van der Waals surface area contributed by atoms with Gasteiger partial charge in [-0.3, -0.25) is 9.69 Å². The van der Waals surface area contributed by atoms with Crippen molar-refractivity contribution in [3.05, 3.63) is 22.4 Å². The van der Waals surface area contributed by atoms with Gasteiger partial charge in [-0.05, 0) is 67.7 Å². The Morgan fingerprint density at radius 2 is 1.59 bits per heavy atom. The number of piperazine rings is 1. The minimum absolute atomic E-state index is 0.00304. The third-order valence-electron chi connectivity index (χ3n) is 9.15. The van der Waals surface area contributed by atoms with E-state index in [1.54, 1.807) is 11.3 Å². The van der Waals surface area contributed by atoms with Gasteiger partial charge < -0.3 is 19.9 Å². The third-order valence-corrected chi connectivity index (χ3v) is 10.1. The molecule has 1 aromatic heterocycles. The van der Waals surface area contributed by atoms with Gasteiger partial charge >= 0.3 is 6.03 Å². The Morgan fingerprint density at radius 3 is 2.18 bits per heavy atom. The van der Waals surface area contributed by atoms with E-state index >= 15 is 0 Å². The van der Waals surface area contributed by atoms with Crippen molar-refractivity contribution in [2.75, 3.05) is 59.0 Å². The molecule has 0 spiro atoms. The molecule has 7 nitrogen and oxygen atoms in total. The topological polar surface area (TPSA) is 65.1 Å². The highest BCUT2D eigenvalue weighted by Crippen LogP contribution is 2.60. The van der Waals surface area contributed by atoms with Crippen molar-refractivity contribution < 1.29 is 14.3 Å². The lowest BCUT2D eigenvalue weighted by molar-refractivity contribution is -0.159. The molecule has 4 bridgehead atoms. The van der Waals surface area contributed by atoms with Crippen molar-refractivity contribution in [1.29, 1.82) is 0 Å². The van der Waals surface area contributed by atoms with Crippen molar-refractivity contribution in [2.45, 2.75) is 44.6 Å². The molecule has 2 aliphatic heterocycles. The van der Waals surface area contributed by atoms with E-state index in [0.717, 1.165) is 63.3 Å². The summed E-state index contributed by atoms with van der Waals surface area (Å²) in [4.78, 5) is 34.3. The Labute approximate surface area is 206 Å². The van der Waals surface area contributed by atoms with Crippen LogP contribution < -0.4 is 5.32 Å². The first kappa shape index (κ1) is 22.8. The smallest absolute Gasteiger partial charge is 0.317 e. The number of rotatable bonds is 5. The van der Waals surface area contributed by atoms with E-state index in [0.29, 0.717) is 38.6 Å². The molecule has 6 aliphatic rings. The Kier molecular flexibility index (Phi) is 6.32. The summed E-state index contributed by atoms with van der Waals surface area (Å²) in [5, 5.41) is 5.30. The molecule has 34 heavy (non-hydrogen) atoms. The molecule has 186 valence electrons.